The van der Waals surface area contributed by atoms with Gasteiger partial charge < -0.3 is 0 Å². The first-order valence-corrected chi connectivity index (χ1v) is 1.48. The number of hydrogen-bond acceptors (Lipinski definition) is 3. The molecule has 2 N–H and O–H groups in total. The zero-order valence-corrected chi connectivity index (χ0v) is 3.53. The van der Waals surface area contributed by atoms with Crippen molar-refractivity contribution in [3.05, 3.63) is 0 Å². The Morgan fingerprint density at radius 3 is 2.00 bits per heavy atom. The van der Waals surface area contributed by atoms with E-state index in [2.05, 4.69) is 10.7 Å². The monoisotopic (exact) mass is 129 g/mol. The summed E-state index contributed by atoms with van der Waals surface area (Å²) in [5.41, 5.74) is 3.74. The Morgan fingerprint density at radius 1 is 1.62 bits per heavy atom. The first-order chi connectivity index (χ1) is 3.48. The van der Waals surface area contributed by atoms with Gasteiger partial charge in [0, 0.05) is 4.53 Å². The molecule has 0 aromatic carbocycles. The second kappa shape index (κ2) is 1.99. The van der Waals surface area contributed by atoms with Gasteiger partial charge in [-0.05, 0) is 0 Å². The lowest BCUT2D eigenvalue weighted by atomic mass is 10.6. The van der Waals surface area contributed by atoms with Crippen molar-refractivity contribution in [1.82, 2.24) is 0 Å². The van der Waals surface area contributed by atoms with Crippen LogP contribution in [0.4, 0.5) is 13.3 Å². The number of halogens is 3. The Bertz CT molecular complexity index is 97.9. The minimum Gasteiger partial charge on any atom is -0.262 e. The van der Waals surface area contributed by atoms with E-state index in [-0.39, 0.29) is 0 Å². The SMILES string of the molecule is NC(F)(F)C(=O)OF. The van der Waals surface area contributed by atoms with Gasteiger partial charge in [0.15, 0.2) is 0 Å². The third-order valence-corrected chi connectivity index (χ3v) is 0.342. The largest absolute Gasteiger partial charge is 0.433 e. The number of rotatable bonds is 1. The molecule has 3 nitrogen and oxygen atoms in total. The van der Waals surface area contributed by atoms with Crippen molar-refractivity contribution >= 4 is 5.97 Å². The average Bonchev–Trinajstić information content (AvgIpc) is 1.62. The van der Waals surface area contributed by atoms with Crippen LogP contribution in [0.15, 0.2) is 0 Å². The van der Waals surface area contributed by atoms with Crippen molar-refractivity contribution in [1.29, 1.82) is 0 Å². The molecule has 0 aromatic heterocycles. The van der Waals surface area contributed by atoms with Crippen molar-refractivity contribution in [3.8, 4) is 0 Å². The van der Waals surface area contributed by atoms with Gasteiger partial charge >= 0.3 is 12.0 Å². The normalized spacial score (nSPS) is 11.0. The highest BCUT2D eigenvalue weighted by atomic mass is 19.3. The van der Waals surface area contributed by atoms with Crippen molar-refractivity contribution in [2.45, 2.75) is 6.05 Å². The Kier molecular flexibility index (Phi) is 1.80. The van der Waals surface area contributed by atoms with Gasteiger partial charge in [-0.15, -0.1) is 0 Å². The van der Waals surface area contributed by atoms with Gasteiger partial charge in [-0.2, -0.15) is 8.78 Å². The second-order valence-corrected chi connectivity index (χ2v) is 0.988. The molecule has 0 fully saturated rings. The lowest BCUT2D eigenvalue weighted by Crippen LogP contribution is -2.38. The summed E-state index contributed by atoms with van der Waals surface area (Å²) in [7, 11) is 0. The van der Waals surface area contributed by atoms with Crippen LogP contribution in [0, 0.1) is 0 Å². The van der Waals surface area contributed by atoms with Crippen molar-refractivity contribution < 1.29 is 23.0 Å². The summed E-state index contributed by atoms with van der Waals surface area (Å²) in [6.07, 6.45) is 0. The fourth-order valence-electron chi connectivity index (χ4n) is 0.0514. The van der Waals surface area contributed by atoms with Crippen LogP contribution in [-0.4, -0.2) is 12.0 Å². The van der Waals surface area contributed by atoms with Crippen molar-refractivity contribution in [2.24, 2.45) is 5.73 Å². The molecular formula is C2H2F3NO2. The maximum atomic E-state index is 11.2. The second-order valence-electron chi connectivity index (χ2n) is 0.988. The minimum atomic E-state index is -4.23. The van der Waals surface area contributed by atoms with Crippen LogP contribution in [-0.2, 0) is 9.74 Å². The number of nitrogens with two attached hydrogens (primary N) is 1. The third-order valence-electron chi connectivity index (χ3n) is 0.342. The van der Waals surface area contributed by atoms with Gasteiger partial charge in [0.1, 0.15) is 0 Å². The van der Waals surface area contributed by atoms with E-state index in [1.807, 2.05) is 0 Å². The van der Waals surface area contributed by atoms with Gasteiger partial charge in [-0.3, -0.25) is 5.73 Å². The first-order valence-electron chi connectivity index (χ1n) is 1.48. The molecule has 0 aliphatic carbocycles. The number of carbonyl (C=O) groups is 1. The van der Waals surface area contributed by atoms with E-state index in [0.29, 0.717) is 0 Å². The summed E-state index contributed by atoms with van der Waals surface area (Å²) in [5.74, 6) is -2.39. The third kappa shape index (κ3) is 1.78. The molecule has 0 rings (SSSR count). The molecule has 0 heterocycles. The van der Waals surface area contributed by atoms with E-state index in [1.54, 1.807) is 0 Å². The molecule has 6 heteroatoms. The molecule has 0 aliphatic heterocycles. The molecule has 0 bridgehead atoms. The molecular weight excluding hydrogens is 127 g/mol. The predicted octanol–water partition coefficient (Wildman–Crippen LogP) is -0.0344. The van der Waals surface area contributed by atoms with Crippen LogP contribution in [0.3, 0.4) is 0 Å². The molecule has 0 spiro atoms. The maximum Gasteiger partial charge on any atom is 0.433 e. The predicted molar refractivity (Wildman–Crippen MR) is 16.3 cm³/mol. The molecule has 0 aromatic rings. The molecule has 0 radical (unpaired) electrons. The standard InChI is InChI=1S/C2H2F3NO2/c3-2(4,6)1(7)8-5/h6H2. The van der Waals surface area contributed by atoms with E-state index in [0.717, 1.165) is 0 Å². The zero-order valence-electron chi connectivity index (χ0n) is 3.53. The Balaban J connectivity index is 3.82. The van der Waals surface area contributed by atoms with Gasteiger partial charge in [0.25, 0.3) is 0 Å². The summed E-state index contributed by atoms with van der Waals surface area (Å²) in [4.78, 5) is 11.5. The molecule has 0 saturated carbocycles. The molecule has 0 saturated heterocycles. The molecule has 48 valence electrons. The zero-order chi connectivity index (χ0) is 6.78. The highest BCUT2D eigenvalue weighted by Gasteiger charge is 2.36. The van der Waals surface area contributed by atoms with E-state index in [4.69, 9.17) is 0 Å². The summed E-state index contributed by atoms with van der Waals surface area (Å²) in [5, 5.41) is 0. The quantitative estimate of drug-likeness (QED) is 0.505. The number of hydrogen-bond donors (Lipinski definition) is 1. The number of carbonyl (C=O) groups excluding carboxylic acids is 1. The van der Waals surface area contributed by atoms with E-state index >= 15 is 0 Å². The fourth-order valence-corrected chi connectivity index (χ4v) is 0.0514. The Hall–Kier alpha value is -0.780. The highest BCUT2D eigenvalue weighted by Crippen LogP contribution is 2.05. The van der Waals surface area contributed by atoms with Crippen LogP contribution >= 0.6 is 0 Å². The van der Waals surface area contributed by atoms with Crippen LogP contribution in [0.1, 0.15) is 0 Å². The summed E-state index contributed by atoms with van der Waals surface area (Å²) in [6, 6.07) is -4.23. The smallest absolute Gasteiger partial charge is 0.262 e. The van der Waals surface area contributed by atoms with E-state index in [1.165, 1.54) is 0 Å². The Morgan fingerprint density at radius 2 is 2.00 bits per heavy atom. The molecule has 0 atom stereocenters. The average molecular weight is 129 g/mol. The fraction of sp³-hybridized carbons (Fsp3) is 0.500. The van der Waals surface area contributed by atoms with Crippen LogP contribution in [0.5, 0.6) is 0 Å². The summed E-state index contributed by atoms with van der Waals surface area (Å²) < 4.78 is 32.8. The van der Waals surface area contributed by atoms with E-state index in [9.17, 15) is 18.1 Å². The molecule has 0 unspecified atom stereocenters. The lowest BCUT2D eigenvalue weighted by molar-refractivity contribution is -0.210. The summed E-state index contributed by atoms with van der Waals surface area (Å²) in [6.45, 7) is 0. The van der Waals surface area contributed by atoms with Gasteiger partial charge in [0.05, 0.1) is 0 Å². The van der Waals surface area contributed by atoms with Crippen molar-refractivity contribution in [2.75, 3.05) is 0 Å². The highest BCUT2D eigenvalue weighted by molar-refractivity contribution is 5.75. The molecule has 8 heavy (non-hydrogen) atoms. The van der Waals surface area contributed by atoms with Crippen LogP contribution in [0.2, 0.25) is 0 Å². The summed E-state index contributed by atoms with van der Waals surface area (Å²) >= 11 is 0. The van der Waals surface area contributed by atoms with Gasteiger partial charge in [0.2, 0.25) is 0 Å². The lowest BCUT2D eigenvalue weighted by Gasteiger charge is -2.00. The molecule has 0 amide bonds. The maximum absolute atomic E-state index is 11.2. The first kappa shape index (κ1) is 7.22. The van der Waals surface area contributed by atoms with Crippen molar-refractivity contribution in [3.63, 3.8) is 0 Å². The molecule has 0 aliphatic rings. The number of alkyl halides is 2. The van der Waals surface area contributed by atoms with Gasteiger partial charge in [-0.25, -0.2) is 9.74 Å². The van der Waals surface area contributed by atoms with E-state index < -0.39 is 12.0 Å². The van der Waals surface area contributed by atoms with Crippen LogP contribution in [0.25, 0.3) is 0 Å². The van der Waals surface area contributed by atoms with Gasteiger partial charge in [-0.1, -0.05) is 0 Å². The Labute approximate surface area is 42.1 Å². The van der Waals surface area contributed by atoms with Crippen LogP contribution < -0.4 is 5.73 Å². The topological polar surface area (TPSA) is 52.3 Å². The minimum absolute atomic E-state index is 2.10.